The molecule has 0 aliphatic rings. The minimum atomic E-state index is -0.560. The molecule has 0 fully saturated rings. The fraction of sp³-hybridized carbons (Fsp3) is 0.524. The van der Waals surface area contributed by atoms with E-state index in [0.717, 1.165) is 24.4 Å². The summed E-state index contributed by atoms with van der Waals surface area (Å²) in [5.41, 5.74) is 0.416. The van der Waals surface area contributed by atoms with Crippen LogP contribution in [0.5, 0.6) is 0 Å². The fourth-order valence-corrected chi connectivity index (χ4v) is 2.84. The molecule has 0 aliphatic carbocycles. The number of benzene rings is 1. The van der Waals surface area contributed by atoms with Crippen molar-refractivity contribution in [1.82, 2.24) is 30.7 Å². The van der Waals surface area contributed by atoms with E-state index in [0.29, 0.717) is 19.0 Å². The van der Waals surface area contributed by atoms with Gasteiger partial charge in [-0.2, -0.15) is 0 Å². The molecule has 0 spiro atoms. The van der Waals surface area contributed by atoms with Gasteiger partial charge in [-0.1, -0.05) is 37.3 Å². The number of aromatic nitrogens is 3. The normalized spacial score (nSPS) is 12.9. The molecule has 164 valence electrons. The molecule has 2 aromatic rings. The number of ether oxygens (including phenoxy) is 1. The smallest absolute Gasteiger partial charge is 0.408 e. The van der Waals surface area contributed by atoms with Crippen LogP contribution in [-0.4, -0.2) is 52.6 Å². The van der Waals surface area contributed by atoms with E-state index in [1.54, 1.807) is 13.4 Å². The monoisotopic (exact) mass is 415 g/mol. The van der Waals surface area contributed by atoms with Crippen LogP contribution in [0.3, 0.4) is 0 Å². The summed E-state index contributed by atoms with van der Waals surface area (Å²) in [5.74, 6) is 1.60. The molecule has 9 heteroatoms. The summed E-state index contributed by atoms with van der Waals surface area (Å²) in [4.78, 5) is 16.6. The molecule has 0 saturated heterocycles. The minimum absolute atomic E-state index is 0.274. The van der Waals surface area contributed by atoms with Crippen molar-refractivity contribution in [2.24, 2.45) is 4.99 Å². The van der Waals surface area contributed by atoms with E-state index < -0.39 is 11.7 Å². The van der Waals surface area contributed by atoms with Crippen LogP contribution in [0.4, 0.5) is 4.79 Å². The van der Waals surface area contributed by atoms with Gasteiger partial charge in [-0.15, -0.1) is 10.2 Å². The third-order valence-corrected chi connectivity index (χ3v) is 4.25. The molecule has 1 atom stereocenters. The maximum Gasteiger partial charge on any atom is 0.408 e. The molecule has 2 rings (SSSR count). The maximum atomic E-state index is 12.3. The van der Waals surface area contributed by atoms with Gasteiger partial charge >= 0.3 is 6.09 Å². The average Bonchev–Trinajstić information content (AvgIpc) is 3.16. The van der Waals surface area contributed by atoms with E-state index >= 15 is 0 Å². The Kier molecular flexibility index (Phi) is 8.64. The van der Waals surface area contributed by atoms with Gasteiger partial charge < -0.3 is 25.3 Å². The van der Waals surface area contributed by atoms with Gasteiger partial charge in [0.05, 0.1) is 6.04 Å². The number of nitrogens with zero attached hydrogens (tertiary/aromatic N) is 4. The lowest BCUT2D eigenvalue weighted by Gasteiger charge is -2.25. The van der Waals surface area contributed by atoms with E-state index in [-0.39, 0.29) is 6.04 Å². The van der Waals surface area contributed by atoms with Gasteiger partial charge in [0.25, 0.3) is 0 Å². The van der Waals surface area contributed by atoms with E-state index in [2.05, 4.69) is 38.1 Å². The number of nitrogens with one attached hydrogen (secondary N) is 3. The van der Waals surface area contributed by atoms with E-state index in [1.807, 2.05) is 55.7 Å². The van der Waals surface area contributed by atoms with Gasteiger partial charge in [0, 0.05) is 33.1 Å². The zero-order chi connectivity index (χ0) is 22.0. The highest BCUT2D eigenvalue weighted by atomic mass is 16.6. The first-order valence-corrected chi connectivity index (χ1v) is 10.2. The number of aliphatic imine (C=N–C) groups is 1. The van der Waals surface area contributed by atoms with Crippen LogP contribution in [0.15, 0.2) is 41.7 Å². The molecule has 0 saturated carbocycles. The number of guanidine groups is 1. The summed E-state index contributed by atoms with van der Waals surface area (Å²) in [6.45, 7) is 9.43. The molecule has 9 nitrogen and oxygen atoms in total. The molecule has 0 bridgehead atoms. The summed E-state index contributed by atoms with van der Waals surface area (Å²) in [6, 6.07) is 9.49. The molecule has 1 heterocycles. The molecule has 1 aromatic carbocycles. The number of carbonyl (C=O) groups excluding carboxylic acids is 1. The fourth-order valence-electron chi connectivity index (χ4n) is 2.84. The van der Waals surface area contributed by atoms with Gasteiger partial charge in [0.15, 0.2) is 5.96 Å². The first-order valence-electron chi connectivity index (χ1n) is 10.2. The zero-order valence-electron chi connectivity index (χ0n) is 18.5. The van der Waals surface area contributed by atoms with Crippen LogP contribution in [-0.2, 0) is 17.7 Å². The second-order valence-electron chi connectivity index (χ2n) is 7.78. The van der Waals surface area contributed by atoms with Crippen molar-refractivity contribution in [1.29, 1.82) is 0 Å². The molecule has 0 aliphatic heterocycles. The Balaban J connectivity index is 1.93. The molecular weight excluding hydrogens is 382 g/mol. The van der Waals surface area contributed by atoms with Crippen molar-refractivity contribution < 1.29 is 9.53 Å². The summed E-state index contributed by atoms with van der Waals surface area (Å²) < 4.78 is 7.42. The molecule has 3 N–H and O–H groups in total. The van der Waals surface area contributed by atoms with Crippen molar-refractivity contribution in [2.45, 2.75) is 52.3 Å². The Morgan fingerprint density at radius 2 is 1.97 bits per heavy atom. The van der Waals surface area contributed by atoms with Gasteiger partial charge in [-0.3, -0.25) is 4.99 Å². The number of amides is 1. The van der Waals surface area contributed by atoms with Crippen LogP contribution >= 0.6 is 0 Å². The molecule has 1 aromatic heterocycles. The van der Waals surface area contributed by atoms with Crippen molar-refractivity contribution in [3.63, 3.8) is 0 Å². The second kappa shape index (κ2) is 11.2. The number of hydrogen-bond acceptors (Lipinski definition) is 5. The largest absolute Gasteiger partial charge is 0.444 e. The highest BCUT2D eigenvalue weighted by Gasteiger charge is 2.20. The molecular formula is C21H33N7O2. The third-order valence-electron chi connectivity index (χ3n) is 4.25. The predicted octanol–water partition coefficient (Wildman–Crippen LogP) is 2.27. The number of hydrogen-bond donors (Lipinski definition) is 3. The highest BCUT2D eigenvalue weighted by Crippen LogP contribution is 2.14. The topological polar surface area (TPSA) is 105 Å². The van der Waals surface area contributed by atoms with Gasteiger partial charge in [0.1, 0.15) is 17.8 Å². The molecule has 0 radical (unpaired) electrons. The Morgan fingerprint density at radius 3 is 2.60 bits per heavy atom. The Bertz CT molecular complexity index is 812. The lowest BCUT2D eigenvalue weighted by molar-refractivity contribution is 0.0504. The SMILES string of the molecule is CCc1nncn1CCNC(=NC)NCC(NC(=O)OC(C)(C)C)c1ccccc1. The van der Waals surface area contributed by atoms with Crippen LogP contribution in [0.25, 0.3) is 0 Å². The van der Waals surface area contributed by atoms with Crippen molar-refractivity contribution >= 4 is 12.1 Å². The number of rotatable bonds is 8. The molecule has 1 unspecified atom stereocenters. The van der Waals surface area contributed by atoms with Gasteiger partial charge in [-0.25, -0.2) is 4.79 Å². The van der Waals surface area contributed by atoms with E-state index in [9.17, 15) is 4.79 Å². The molecule has 1 amide bonds. The first-order chi connectivity index (χ1) is 14.3. The predicted molar refractivity (Wildman–Crippen MR) is 117 cm³/mol. The summed E-state index contributed by atoms with van der Waals surface area (Å²) in [7, 11) is 1.71. The highest BCUT2D eigenvalue weighted by molar-refractivity contribution is 5.79. The van der Waals surface area contributed by atoms with Crippen LogP contribution in [0.2, 0.25) is 0 Å². The Labute approximate surface area is 178 Å². The van der Waals surface area contributed by atoms with Crippen LogP contribution < -0.4 is 16.0 Å². The Morgan fingerprint density at radius 1 is 1.23 bits per heavy atom. The maximum absolute atomic E-state index is 12.3. The third kappa shape index (κ3) is 7.73. The quantitative estimate of drug-likeness (QED) is 0.451. The Hall–Kier alpha value is -3.10. The summed E-state index contributed by atoms with van der Waals surface area (Å²) in [6.07, 6.45) is 2.11. The van der Waals surface area contributed by atoms with Gasteiger partial charge in [0.2, 0.25) is 0 Å². The summed E-state index contributed by atoms with van der Waals surface area (Å²) in [5, 5.41) is 17.5. The van der Waals surface area contributed by atoms with E-state index in [1.165, 1.54) is 0 Å². The number of aryl methyl sites for hydroxylation is 1. The zero-order valence-corrected chi connectivity index (χ0v) is 18.5. The van der Waals surface area contributed by atoms with Crippen LogP contribution in [0, 0.1) is 0 Å². The van der Waals surface area contributed by atoms with Crippen LogP contribution in [0.1, 0.15) is 45.1 Å². The lowest BCUT2D eigenvalue weighted by atomic mass is 10.1. The number of carbonyl (C=O) groups is 1. The second-order valence-corrected chi connectivity index (χ2v) is 7.78. The first kappa shape index (κ1) is 23.2. The van der Waals surface area contributed by atoms with Crippen molar-refractivity contribution in [3.05, 3.63) is 48.0 Å². The molecule has 30 heavy (non-hydrogen) atoms. The van der Waals surface area contributed by atoms with E-state index in [4.69, 9.17) is 4.74 Å². The lowest BCUT2D eigenvalue weighted by Crippen LogP contribution is -2.44. The van der Waals surface area contributed by atoms with Gasteiger partial charge in [-0.05, 0) is 26.3 Å². The minimum Gasteiger partial charge on any atom is -0.444 e. The average molecular weight is 416 g/mol. The standard InChI is InChI=1S/C21H33N7O2/c1-6-18-27-25-15-28(18)13-12-23-19(22-5)24-14-17(16-10-8-7-9-11-16)26-20(29)30-21(2,3)4/h7-11,15,17H,6,12-14H2,1-5H3,(H,26,29)(H2,22,23,24). The number of alkyl carbamates (subject to hydrolysis) is 1. The van der Waals surface area contributed by atoms with Crippen molar-refractivity contribution in [3.8, 4) is 0 Å². The van der Waals surface area contributed by atoms with Crippen molar-refractivity contribution in [2.75, 3.05) is 20.1 Å². The summed E-state index contributed by atoms with van der Waals surface area (Å²) >= 11 is 0.